The molecule has 2 heterocycles. The Kier molecular flexibility index (Phi) is 2.88. The summed E-state index contributed by atoms with van der Waals surface area (Å²) in [5.41, 5.74) is 4.00. The molecule has 1 fully saturated rings. The summed E-state index contributed by atoms with van der Waals surface area (Å²) in [7, 11) is 0. The maximum absolute atomic E-state index is 4.29. The van der Waals surface area contributed by atoms with Crippen LogP contribution in [0.3, 0.4) is 0 Å². The SMILES string of the molecule is c1ccc(-c2ccncc2C2CCNC2)cc1. The maximum Gasteiger partial charge on any atom is 0.0309 e. The molecule has 1 atom stereocenters. The second-order valence-electron chi connectivity index (χ2n) is 4.52. The summed E-state index contributed by atoms with van der Waals surface area (Å²) in [6, 6.07) is 12.7. The van der Waals surface area contributed by atoms with Gasteiger partial charge in [-0.2, -0.15) is 0 Å². The molecule has 1 aromatic heterocycles. The summed E-state index contributed by atoms with van der Waals surface area (Å²) in [5, 5.41) is 3.42. The molecular formula is C15H16N2. The van der Waals surface area contributed by atoms with E-state index in [0.29, 0.717) is 5.92 Å². The highest BCUT2D eigenvalue weighted by Crippen LogP contribution is 2.31. The number of nitrogens with one attached hydrogen (secondary N) is 1. The maximum atomic E-state index is 4.29. The highest BCUT2D eigenvalue weighted by molar-refractivity contribution is 5.67. The van der Waals surface area contributed by atoms with Crippen LogP contribution in [0.2, 0.25) is 0 Å². The van der Waals surface area contributed by atoms with E-state index in [0.717, 1.165) is 13.1 Å². The highest BCUT2D eigenvalue weighted by atomic mass is 14.9. The van der Waals surface area contributed by atoms with E-state index in [1.54, 1.807) is 0 Å². The molecule has 1 aromatic carbocycles. The first-order valence-electron chi connectivity index (χ1n) is 6.15. The fourth-order valence-corrected chi connectivity index (χ4v) is 2.53. The van der Waals surface area contributed by atoms with Crippen LogP contribution in [0.1, 0.15) is 17.9 Å². The Hall–Kier alpha value is -1.67. The Labute approximate surface area is 102 Å². The lowest BCUT2D eigenvalue weighted by Gasteiger charge is -2.14. The minimum absolute atomic E-state index is 0.610. The standard InChI is InChI=1S/C15H16N2/c1-2-4-12(5-3-1)14-7-9-17-11-15(14)13-6-8-16-10-13/h1-5,7,9,11,13,16H,6,8,10H2. The molecule has 1 aliphatic rings. The van der Waals surface area contributed by atoms with Gasteiger partial charge >= 0.3 is 0 Å². The number of hydrogen-bond donors (Lipinski definition) is 1. The molecule has 0 radical (unpaired) electrons. The Morgan fingerprint density at radius 1 is 1.12 bits per heavy atom. The summed E-state index contributed by atoms with van der Waals surface area (Å²) < 4.78 is 0. The van der Waals surface area contributed by atoms with Crippen molar-refractivity contribution in [2.75, 3.05) is 13.1 Å². The average Bonchev–Trinajstić information content (AvgIpc) is 2.94. The molecule has 1 aliphatic heterocycles. The third-order valence-corrected chi connectivity index (χ3v) is 3.44. The number of nitrogens with zero attached hydrogens (tertiary/aromatic N) is 1. The Balaban J connectivity index is 2.04. The van der Waals surface area contributed by atoms with Gasteiger partial charge in [-0.3, -0.25) is 4.98 Å². The second kappa shape index (κ2) is 4.68. The molecule has 0 aliphatic carbocycles. The number of benzene rings is 1. The molecule has 0 bridgehead atoms. The largest absolute Gasteiger partial charge is 0.316 e. The molecule has 0 amide bonds. The zero-order valence-electron chi connectivity index (χ0n) is 9.76. The lowest BCUT2D eigenvalue weighted by molar-refractivity contribution is 0.761. The summed E-state index contributed by atoms with van der Waals surface area (Å²) >= 11 is 0. The van der Waals surface area contributed by atoms with Crippen molar-refractivity contribution in [2.45, 2.75) is 12.3 Å². The van der Waals surface area contributed by atoms with Crippen molar-refractivity contribution in [1.82, 2.24) is 10.3 Å². The van der Waals surface area contributed by atoms with Crippen molar-refractivity contribution in [2.24, 2.45) is 0 Å². The van der Waals surface area contributed by atoms with Crippen LogP contribution in [0.15, 0.2) is 48.8 Å². The van der Waals surface area contributed by atoms with E-state index in [4.69, 9.17) is 0 Å². The molecule has 1 saturated heterocycles. The molecular weight excluding hydrogens is 208 g/mol. The monoisotopic (exact) mass is 224 g/mol. The third-order valence-electron chi connectivity index (χ3n) is 3.44. The third kappa shape index (κ3) is 2.08. The van der Waals surface area contributed by atoms with Crippen molar-refractivity contribution >= 4 is 0 Å². The van der Waals surface area contributed by atoms with Crippen LogP contribution < -0.4 is 5.32 Å². The van der Waals surface area contributed by atoms with Crippen LogP contribution in [-0.2, 0) is 0 Å². The van der Waals surface area contributed by atoms with E-state index in [1.165, 1.54) is 23.1 Å². The first kappa shape index (κ1) is 10.5. The summed E-state index contributed by atoms with van der Waals surface area (Å²) in [5.74, 6) is 0.610. The fourth-order valence-electron chi connectivity index (χ4n) is 2.53. The summed E-state index contributed by atoms with van der Waals surface area (Å²) in [6.45, 7) is 2.19. The molecule has 17 heavy (non-hydrogen) atoms. The molecule has 1 unspecified atom stereocenters. The van der Waals surface area contributed by atoms with Crippen molar-refractivity contribution in [3.05, 3.63) is 54.4 Å². The Morgan fingerprint density at radius 3 is 2.76 bits per heavy atom. The molecule has 2 heteroatoms. The van der Waals surface area contributed by atoms with Gasteiger partial charge in [0.2, 0.25) is 0 Å². The van der Waals surface area contributed by atoms with Crippen LogP contribution in [0.4, 0.5) is 0 Å². The molecule has 86 valence electrons. The van der Waals surface area contributed by atoms with E-state index in [-0.39, 0.29) is 0 Å². The van der Waals surface area contributed by atoms with Gasteiger partial charge in [-0.1, -0.05) is 30.3 Å². The van der Waals surface area contributed by atoms with Crippen molar-refractivity contribution in [1.29, 1.82) is 0 Å². The molecule has 3 rings (SSSR count). The van der Waals surface area contributed by atoms with E-state index in [9.17, 15) is 0 Å². The highest BCUT2D eigenvalue weighted by Gasteiger charge is 2.19. The molecule has 1 N–H and O–H groups in total. The first-order chi connectivity index (χ1) is 8.45. The quantitative estimate of drug-likeness (QED) is 0.848. The normalized spacial score (nSPS) is 19.4. The van der Waals surface area contributed by atoms with Gasteiger partial charge in [0.15, 0.2) is 0 Å². The van der Waals surface area contributed by atoms with Crippen LogP contribution in [0.5, 0.6) is 0 Å². The molecule has 0 spiro atoms. The molecule has 2 nitrogen and oxygen atoms in total. The predicted octanol–water partition coefficient (Wildman–Crippen LogP) is 2.83. The Morgan fingerprint density at radius 2 is 2.00 bits per heavy atom. The van der Waals surface area contributed by atoms with Crippen LogP contribution in [-0.4, -0.2) is 18.1 Å². The molecule has 2 aromatic rings. The van der Waals surface area contributed by atoms with Gasteiger partial charge in [0.05, 0.1) is 0 Å². The Bertz CT molecular complexity index is 487. The van der Waals surface area contributed by atoms with Crippen molar-refractivity contribution < 1.29 is 0 Å². The summed E-state index contributed by atoms with van der Waals surface area (Å²) in [4.78, 5) is 4.29. The number of hydrogen-bond acceptors (Lipinski definition) is 2. The zero-order chi connectivity index (χ0) is 11.5. The van der Waals surface area contributed by atoms with Gasteiger partial charge in [-0.25, -0.2) is 0 Å². The summed E-state index contributed by atoms with van der Waals surface area (Å²) in [6.07, 6.45) is 5.12. The fraction of sp³-hybridized carbons (Fsp3) is 0.267. The second-order valence-corrected chi connectivity index (χ2v) is 4.52. The van der Waals surface area contributed by atoms with Gasteiger partial charge in [0, 0.05) is 18.9 Å². The van der Waals surface area contributed by atoms with Crippen LogP contribution in [0.25, 0.3) is 11.1 Å². The van der Waals surface area contributed by atoms with Gasteiger partial charge in [-0.05, 0) is 41.6 Å². The minimum Gasteiger partial charge on any atom is -0.316 e. The van der Waals surface area contributed by atoms with Crippen LogP contribution >= 0.6 is 0 Å². The van der Waals surface area contributed by atoms with E-state index in [1.807, 2.05) is 12.4 Å². The van der Waals surface area contributed by atoms with Gasteiger partial charge in [0.1, 0.15) is 0 Å². The van der Waals surface area contributed by atoms with E-state index in [2.05, 4.69) is 46.7 Å². The van der Waals surface area contributed by atoms with Gasteiger partial charge in [-0.15, -0.1) is 0 Å². The lowest BCUT2D eigenvalue weighted by Crippen LogP contribution is -2.08. The van der Waals surface area contributed by atoms with E-state index < -0.39 is 0 Å². The van der Waals surface area contributed by atoms with Gasteiger partial charge < -0.3 is 5.32 Å². The predicted molar refractivity (Wildman–Crippen MR) is 69.9 cm³/mol. The van der Waals surface area contributed by atoms with Gasteiger partial charge in [0.25, 0.3) is 0 Å². The zero-order valence-corrected chi connectivity index (χ0v) is 9.76. The number of rotatable bonds is 2. The topological polar surface area (TPSA) is 24.9 Å². The number of aromatic nitrogens is 1. The molecule has 0 saturated carbocycles. The van der Waals surface area contributed by atoms with Crippen molar-refractivity contribution in [3.8, 4) is 11.1 Å². The average molecular weight is 224 g/mol. The number of pyridine rings is 1. The minimum atomic E-state index is 0.610. The first-order valence-corrected chi connectivity index (χ1v) is 6.15. The van der Waals surface area contributed by atoms with E-state index >= 15 is 0 Å². The lowest BCUT2D eigenvalue weighted by atomic mass is 9.92. The smallest absolute Gasteiger partial charge is 0.0309 e. The van der Waals surface area contributed by atoms with Crippen molar-refractivity contribution in [3.63, 3.8) is 0 Å². The van der Waals surface area contributed by atoms with Crippen LogP contribution in [0, 0.1) is 0 Å².